The molecule has 0 aromatic carbocycles. The first kappa shape index (κ1) is 9.33. The number of thiophene rings is 1. The Morgan fingerprint density at radius 3 is 3.14 bits per heavy atom. The lowest BCUT2D eigenvalue weighted by Gasteiger charge is -2.00. The molecule has 5 heteroatoms. The highest BCUT2D eigenvalue weighted by Gasteiger charge is 2.07. The number of aryl methyl sites for hydroxylation is 2. The molecule has 0 aliphatic rings. The van der Waals surface area contributed by atoms with Crippen LogP contribution >= 0.6 is 11.3 Å². The van der Waals surface area contributed by atoms with Crippen molar-refractivity contribution in [1.29, 1.82) is 0 Å². The molecule has 2 rings (SSSR count). The highest BCUT2D eigenvalue weighted by atomic mass is 32.1. The Bertz CT molecular complexity index is 517. The van der Waals surface area contributed by atoms with Crippen molar-refractivity contribution in [2.24, 2.45) is 0 Å². The van der Waals surface area contributed by atoms with Crippen molar-refractivity contribution in [3.63, 3.8) is 0 Å². The summed E-state index contributed by atoms with van der Waals surface area (Å²) in [5.74, 6) is 0. The van der Waals surface area contributed by atoms with Crippen LogP contribution in [0, 0.1) is 6.92 Å². The zero-order valence-electron chi connectivity index (χ0n) is 7.66. The smallest absolute Gasteiger partial charge is 0.271 e. The van der Waals surface area contributed by atoms with Gasteiger partial charge in [0.25, 0.3) is 5.56 Å². The molecule has 14 heavy (non-hydrogen) atoms. The molecule has 0 N–H and O–H groups in total. The maximum Gasteiger partial charge on any atom is 0.271 e. The van der Waals surface area contributed by atoms with Gasteiger partial charge in [0.05, 0.1) is 18.4 Å². The van der Waals surface area contributed by atoms with E-state index >= 15 is 0 Å². The fourth-order valence-electron chi connectivity index (χ4n) is 1.31. The molecule has 0 amide bonds. The van der Waals surface area contributed by atoms with Crippen molar-refractivity contribution in [1.82, 2.24) is 9.55 Å². The second-order valence-electron chi connectivity index (χ2n) is 3.03. The Labute approximate surface area is 83.8 Å². The molecule has 3 nitrogen and oxygen atoms in total. The number of nitrogens with zero attached hydrogens (tertiary/aromatic N) is 2. The summed E-state index contributed by atoms with van der Waals surface area (Å²) in [5, 5.41) is 1.89. The zero-order valence-corrected chi connectivity index (χ0v) is 8.47. The predicted octanol–water partition coefficient (Wildman–Crippen LogP) is 1.74. The van der Waals surface area contributed by atoms with Crippen molar-refractivity contribution in [2.75, 3.05) is 6.67 Å². The van der Waals surface area contributed by atoms with Crippen molar-refractivity contribution >= 4 is 21.6 Å². The molecular weight excluding hydrogens is 203 g/mol. The van der Waals surface area contributed by atoms with Crippen LogP contribution in [0.25, 0.3) is 10.2 Å². The molecule has 0 spiro atoms. The van der Waals surface area contributed by atoms with Gasteiger partial charge in [0.2, 0.25) is 0 Å². The molecule has 0 saturated heterocycles. The van der Waals surface area contributed by atoms with E-state index in [1.165, 1.54) is 22.2 Å². The molecular formula is C9H9FN2OS. The highest BCUT2D eigenvalue weighted by Crippen LogP contribution is 2.19. The summed E-state index contributed by atoms with van der Waals surface area (Å²) in [6.07, 6.45) is 1.41. The Morgan fingerprint density at radius 1 is 1.64 bits per heavy atom. The summed E-state index contributed by atoms with van der Waals surface area (Å²) in [6.45, 7) is 1.45. The Kier molecular flexibility index (Phi) is 2.33. The molecule has 0 saturated carbocycles. The second-order valence-corrected chi connectivity index (χ2v) is 3.91. The van der Waals surface area contributed by atoms with E-state index in [0.29, 0.717) is 4.70 Å². The molecule has 0 unspecified atom stereocenters. The van der Waals surface area contributed by atoms with Crippen LogP contribution in [-0.4, -0.2) is 16.2 Å². The normalized spacial score (nSPS) is 11.0. The first-order chi connectivity index (χ1) is 6.74. The Morgan fingerprint density at radius 2 is 2.43 bits per heavy atom. The van der Waals surface area contributed by atoms with Gasteiger partial charge in [-0.3, -0.25) is 9.36 Å². The minimum absolute atomic E-state index is 0.0821. The van der Waals surface area contributed by atoms with Gasteiger partial charge in [-0.25, -0.2) is 9.37 Å². The molecule has 0 fully saturated rings. The standard InChI is InChI=1S/C9H9FN2OS/c1-6-4-14-8-7(6)11-5-12(3-2-10)9(8)13/h4-5H,2-3H2,1H3. The predicted molar refractivity (Wildman–Crippen MR) is 54.6 cm³/mol. The number of alkyl halides is 1. The Balaban J connectivity index is 2.70. The monoisotopic (exact) mass is 212 g/mol. The van der Waals surface area contributed by atoms with Crippen LogP contribution in [-0.2, 0) is 6.54 Å². The highest BCUT2D eigenvalue weighted by molar-refractivity contribution is 7.17. The van der Waals surface area contributed by atoms with Gasteiger partial charge in [-0.2, -0.15) is 0 Å². The molecule has 0 aliphatic carbocycles. The van der Waals surface area contributed by atoms with E-state index in [4.69, 9.17) is 0 Å². The fourth-order valence-corrected chi connectivity index (χ4v) is 2.26. The molecule has 0 bridgehead atoms. The number of rotatable bonds is 2. The van der Waals surface area contributed by atoms with Gasteiger partial charge < -0.3 is 0 Å². The first-order valence-electron chi connectivity index (χ1n) is 4.23. The van der Waals surface area contributed by atoms with Gasteiger partial charge in [0.15, 0.2) is 0 Å². The molecule has 2 aromatic rings. The van der Waals surface area contributed by atoms with Gasteiger partial charge >= 0.3 is 0 Å². The van der Waals surface area contributed by atoms with E-state index in [-0.39, 0.29) is 12.1 Å². The van der Waals surface area contributed by atoms with Crippen LogP contribution in [0.15, 0.2) is 16.5 Å². The molecule has 0 aliphatic heterocycles. The van der Waals surface area contributed by atoms with Gasteiger partial charge in [-0.1, -0.05) is 0 Å². The van der Waals surface area contributed by atoms with E-state index in [1.807, 2.05) is 12.3 Å². The van der Waals surface area contributed by atoms with Crippen LogP contribution in [0.3, 0.4) is 0 Å². The molecule has 0 atom stereocenters. The summed E-state index contributed by atoms with van der Waals surface area (Å²) in [5.41, 5.74) is 1.58. The minimum atomic E-state index is -0.544. The third kappa shape index (κ3) is 1.33. The van der Waals surface area contributed by atoms with Crippen molar-refractivity contribution in [2.45, 2.75) is 13.5 Å². The quantitative estimate of drug-likeness (QED) is 0.760. The maximum absolute atomic E-state index is 12.1. The lowest BCUT2D eigenvalue weighted by Crippen LogP contribution is -2.20. The molecule has 2 heterocycles. The maximum atomic E-state index is 12.1. The van der Waals surface area contributed by atoms with Crippen molar-refractivity contribution in [3.05, 3.63) is 27.6 Å². The SMILES string of the molecule is Cc1csc2c(=O)n(CCF)cnc12. The topological polar surface area (TPSA) is 34.9 Å². The third-order valence-corrected chi connectivity index (χ3v) is 3.12. The number of aromatic nitrogens is 2. The molecule has 0 radical (unpaired) electrons. The summed E-state index contributed by atoms with van der Waals surface area (Å²) >= 11 is 1.36. The number of hydrogen-bond acceptors (Lipinski definition) is 3. The summed E-state index contributed by atoms with van der Waals surface area (Å²) in [6, 6.07) is 0. The molecule has 74 valence electrons. The van der Waals surface area contributed by atoms with Gasteiger partial charge in [-0.05, 0) is 17.9 Å². The summed E-state index contributed by atoms with van der Waals surface area (Å²) in [4.78, 5) is 15.8. The number of hydrogen-bond donors (Lipinski definition) is 0. The third-order valence-electron chi connectivity index (χ3n) is 2.05. The van der Waals surface area contributed by atoms with Gasteiger partial charge in [-0.15, -0.1) is 11.3 Å². The summed E-state index contributed by atoms with van der Waals surface area (Å²) in [7, 11) is 0. The zero-order chi connectivity index (χ0) is 10.1. The number of halogens is 1. The lowest BCUT2D eigenvalue weighted by molar-refractivity contribution is 0.439. The van der Waals surface area contributed by atoms with E-state index < -0.39 is 6.67 Å². The largest absolute Gasteiger partial charge is 0.295 e. The second kappa shape index (κ2) is 3.49. The van der Waals surface area contributed by atoms with Gasteiger partial charge in [0, 0.05) is 0 Å². The van der Waals surface area contributed by atoms with E-state index in [0.717, 1.165) is 11.1 Å². The van der Waals surface area contributed by atoms with E-state index in [2.05, 4.69) is 4.98 Å². The molecule has 2 aromatic heterocycles. The Hall–Kier alpha value is -1.23. The van der Waals surface area contributed by atoms with Crippen LogP contribution in [0.2, 0.25) is 0 Å². The van der Waals surface area contributed by atoms with Crippen LogP contribution in [0.5, 0.6) is 0 Å². The average molecular weight is 212 g/mol. The van der Waals surface area contributed by atoms with Crippen LogP contribution in [0.1, 0.15) is 5.56 Å². The van der Waals surface area contributed by atoms with E-state index in [9.17, 15) is 9.18 Å². The van der Waals surface area contributed by atoms with Gasteiger partial charge in [0.1, 0.15) is 11.4 Å². The summed E-state index contributed by atoms with van der Waals surface area (Å²) < 4.78 is 14.0. The first-order valence-corrected chi connectivity index (χ1v) is 5.11. The van der Waals surface area contributed by atoms with E-state index in [1.54, 1.807) is 0 Å². The van der Waals surface area contributed by atoms with Crippen LogP contribution < -0.4 is 5.56 Å². The fraction of sp³-hybridized carbons (Fsp3) is 0.333. The number of fused-ring (bicyclic) bond motifs is 1. The average Bonchev–Trinajstić information content (AvgIpc) is 2.54. The van der Waals surface area contributed by atoms with Crippen molar-refractivity contribution in [3.8, 4) is 0 Å². The lowest BCUT2D eigenvalue weighted by atomic mass is 10.3. The minimum Gasteiger partial charge on any atom is -0.295 e. The van der Waals surface area contributed by atoms with Crippen molar-refractivity contribution < 1.29 is 4.39 Å². The van der Waals surface area contributed by atoms with Crippen LogP contribution in [0.4, 0.5) is 4.39 Å².